The van der Waals surface area contributed by atoms with E-state index in [1.165, 1.54) is 15.3 Å². The summed E-state index contributed by atoms with van der Waals surface area (Å²) in [5.41, 5.74) is 1.16. The van der Waals surface area contributed by atoms with Crippen LogP contribution in [-0.4, -0.2) is 70.4 Å². The summed E-state index contributed by atoms with van der Waals surface area (Å²) in [5.74, 6) is -0.128. The Kier molecular flexibility index (Phi) is 8.27. The molecule has 238 valence electrons. The molecule has 2 amide bonds. The Labute approximate surface area is 264 Å². The smallest absolute Gasteiger partial charge is 0.415 e. The Hall–Kier alpha value is -3.71. The maximum absolute atomic E-state index is 13.7. The van der Waals surface area contributed by atoms with Crippen molar-refractivity contribution < 1.29 is 36.5 Å². The molecule has 45 heavy (non-hydrogen) atoms. The van der Waals surface area contributed by atoms with Gasteiger partial charge in [0.15, 0.2) is 0 Å². The van der Waals surface area contributed by atoms with Gasteiger partial charge in [-0.1, -0.05) is 81.4 Å². The van der Waals surface area contributed by atoms with Gasteiger partial charge in [-0.05, 0) is 34.0 Å². The van der Waals surface area contributed by atoms with Gasteiger partial charge >= 0.3 is 6.09 Å². The first-order valence-electron chi connectivity index (χ1n) is 15.2. The quantitative estimate of drug-likeness (QED) is 0.286. The van der Waals surface area contributed by atoms with Crippen molar-refractivity contribution in [3.63, 3.8) is 0 Å². The highest BCUT2D eigenvalue weighted by molar-refractivity contribution is 7.85. The molecule has 3 aromatic rings. The van der Waals surface area contributed by atoms with Crippen LogP contribution in [0.1, 0.15) is 40.0 Å². The summed E-state index contributed by atoms with van der Waals surface area (Å²) < 4.78 is 50.2. The van der Waals surface area contributed by atoms with E-state index in [0.29, 0.717) is 30.1 Å². The molecule has 0 spiro atoms. The minimum Gasteiger partial charge on any atom is -0.489 e. The average Bonchev–Trinajstić information content (AvgIpc) is 3.34. The lowest BCUT2D eigenvalue weighted by molar-refractivity contribution is -0.121. The number of anilines is 2. The van der Waals surface area contributed by atoms with Crippen molar-refractivity contribution in [1.82, 2.24) is 0 Å². The van der Waals surface area contributed by atoms with Gasteiger partial charge in [-0.2, -0.15) is 8.42 Å². The van der Waals surface area contributed by atoms with Crippen molar-refractivity contribution in [3.05, 3.63) is 78.9 Å². The van der Waals surface area contributed by atoms with Crippen LogP contribution in [0.15, 0.2) is 78.9 Å². The third-order valence-corrected chi connectivity index (χ3v) is 14.8. The van der Waals surface area contributed by atoms with Gasteiger partial charge in [-0.15, -0.1) is 0 Å². The fraction of sp³-hybridized carbons (Fsp3) is 0.394. The van der Waals surface area contributed by atoms with Crippen molar-refractivity contribution in [2.75, 3.05) is 28.7 Å². The van der Waals surface area contributed by atoms with Crippen LogP contribution in [0.3, 0.4) is 0 Å². The van der Waals surface area contributed by atoms with Crippen LogP contribution < -0.4 is 24.9 Å². The number of carbonyl (C=O) groups excluding carboxylic acids is 2. The number of fused-ring (bicyclic) bond motifs is 3. The zero-order chi connectivity index (χ0) is 32.0. The molecule has 3 aliphatic heterocycles. The van der Waals surface area contributed by atoms with Crippen LogP contribution >= 0.6 is 0 Å². The number of carbonyl (C=O) groups is 2. The van der Waals surface area contributed by atoms with Gasteiger partial charge in [0.2, 0.25) is 5.91 Å². The minimum absolute atomic E-state index is 0.0397. The number of amides is 2. The number of nitrogens with zero attached hydrogens (tertiary/aromatic N) is 2. The van der Waals surface area contributed by atoms with E-state index in [1.54, 1.807) is 23.1 Å². The number of piperidine rings is 1. The van der Waals surface area contributed by atoms with Crippen LogP contribution in [0.2, 0.25) is 5.04 Å². The molecule has 0 aliphatic carbocycles. The summed E-state index contributed by atoms with van der Waals surface area (Å²) >= 11 is 0. The van der Waals surface area contributed by atoms with Gasteiger partial charge in [0.1, 0.15) is 24.5 Å². The molecule has 2 saturated heterocycles. The van der Waals surface area contributed by atoms with E-state index in [4.69, 9.17) is 18.5 Å². The molecule has 0 radical (unpaired) electrons. The first-order chi connectivity index (χ1) is 21.4. The van der Waals surface area contributed by atoms with E-state index >= 15 is 0 Å². The maximum Gasteiger partial charge on any atom is 0.415 e. The van der Waals surface area contributed by atoms with E-state index in [0.717, 1.165) is 0 Å². The largest absolute Gasteiger partial charge is 0.489 e. The second-order valence-corrected chi connectivity index (χ2v) is 18.7. The predicted molar refractivity (Wildman–Crippen MR) is 174 cm³/mol. The maximum atomic E-state index is 13.7. The molecule has 0 saturated carbocycles. The molecular formula is C33H38N2O8SSi. The molecular weight excluding hydrogens is 613 g/mol. The fourth-order valence-corrected chi connectivity index (χ4v) is 12.1. The van der Waals surface area contributed by atoms with Gasteiger partial charge in [-0.3, -0.25) is 14.2 Å². The molecule has 0 bridgehead atoms. The highest BCUT2D eigenvalue weighted by atomic mass is 32.2. The molecule has 6 rings (SSSR count). The molecule has 10 nitrogen and oxygen atoms in total. The minimum atomic E-state index is -4.20. The zero-order valence-corrected chi connectivity index (χ0v) is 27.4. The SMILES string of the molecule is CC(C)(C)[Si](O[C@@H]1CCN(c2ccc3c(c2)OC[C@H]2[C@@H](CCS(=O)(=O)O)OC(=O)N32)C(=O)C1)(c1ccccc1)c1ccccc1. The average molecular weight is 651 g/mol. The Morgan fingerprint density at radius 2 is 1.62 bits per heavy atom. The molecule has 12 heteroatoms. The molecule has 3 heterocycles. The van der Waals surface area contributed by atoms with Crippen LogP contribution in [-0.2, 0) is 24.1 Å². The highest BCUT2D eigenvalue weighted by Gasteiger charge is 2.52. The Morgan fingerprint density at radius 3 is 2.20 bits per heavy atom. The molecule has 0 aromatic heterocycles. The molecule has 0 unspecified atom stereocenters. The van der Waals surface area contributed by atoms with Crippen molar-refractivity contribution in [2.45, 2.75) is 63.3 Å². The molecule has 3 aromatic carbocycles. The number of hydrogen-bond acceptors (Lipinski definition) is 7. The lowest BCUT2D eigenvalue weighted by Gasteiger charge is -2.46. The lowest BCUT2D eigenvalue weighted by atomic mass is 10.0. The third kappa shape index (κ3) is 5.99. The van der Waals surface area contributed by atoms with E-state index in [-0.39, 0.29) is 36.5 Å². The molecule has 2 fully saturated rings. The van der Waals surface area contributed by atoms with Gasteiger partial charge in [-0.25, -0.2) is 4.79 Å². The Balaban J connectivity index is 1.21. The van der Waals surface area contributed by atoms with Gasteiger partial charge in [0.05, 0.1) is 24.0 Å². The highest BCUT2D eigenvalue weighted by Crippen LogP contribution is 2.43. The lowest BCUT2D eigenvalue weighted by Crippen LogP contribution is -2.68. The summed E-state index contributed by atoms with van der Waals surface area (Å²) in [6.07, 6.45) is -0.739. The van der Waals surface area contributed by atoms with E-state index in [1.807, 2.05) is 36.4 Å². The van der Waals surface area contributed by atoms with E-state index < -0.39 is 42.4 Å². The third-order valence-electron chi connectivity index (χ3n) is 8.93. The number of ether oxygens (including phenoxy) is 2. The fourth-order valence-electron chi connectivity index (χ4n) is 6.82. The van der Waals surface area contributed by atoms with Crippen LogP contribution in [0, 0.1) is 0 Å². The summed E-state index contributed by atoms with van der Waals surface area (Å²) in [5, 5.41) is 2.14. The van der Waals surface area contributed by atoms with Crippen molar-refractivity contribution in [3.8, 4) is 5.75 Å². The molecule has 3 atom stereocenters. The molecule has 1 N–H and O–H groups in total. The first kappa shape index (κ1) is 31.3. The summed E-state index contributed by atoms with van der Waals surface area (Å²) in [4.78, 5) is 29.6. The molecule has 3 aliphatic rings. The number of cyclic esters (lactones) is 1. The van der Waals surface area contributed by atoms with E-state index in [2.05, 4.69) is 45.0 Å². The monoisotopic (exact) mass is 650 g/mol. The van der Waals surface area contributed by atoms with Crippen LogP contribution in [0.5, 0.6) is 5.75 Å². The Morgan fingerprint density at radius 1 is 0.978 bits per heavy atom. The normalized spacial score (nSPS) is 22.0. The first-order valence-corrected chi connectivity index (χ1v) is 18.7. The second kappa shape index (κ2) is 11.9. The number of benzene rings is 3. The summed E-state index contributed by atoms with van der Waals surface area (Å²) in [6.45, 7) is 7.23. The van der Waals surface area contributed by atoms with Crippen LogP contribution in [0.25, 0.3) is 0 Å². The van der Waals surface area contributed by atoms with Crippen molar-refractivity contribution in [1.29, 1.82) is 0 Å². The predicted octanol–water partition coefficient (Wildman–Crippen LogP) is 4.12. The second-order valence-electron chi connectivity index (χ2n) is 12.8. The van der Waals surface area contributed by atoms with E-state index in [9.17, 15) is 18.0 Å². The van der Waals surface area contributed by atoms with Gasteiger partial charge in [0, 0.05) is 24.7 Å². The van der Waals surface area contributed by atoms with Crippen molar-refractivity contribution in [2.24, 2.45) is 0 Å². The topological polar surface area (TPSA) is 123 Å². The number of hydrogen-bond donors (Lipinski definition) is 1. The Bertz CT molecular complexity index is 1640. The number of rotatable bonds is 8. The van der Waals surface area contributed by atoms with Crippen molar-refractivity contribution >= 4 is 52.2 Å². The van der Waals surface area contributed by atoms with Gasteiger partial charge < -0.3 is 18.8 Å². The van der Waals surface area contributed by atoms with Gasteiger partial charge in [0.25, 0.3) is 18.4 Å². The summed E-state index contributed by atoms with van der Waals surface area (Å²) in [7, 11) is -7.01. The summed E-state index contributed by atoms with van der Waals surface area (Å²) in [6, 6.07) is 25.5. The zero-order valence-electron chi connectivity index (χ0n) is 25.6. The van der Waals surface area contributed by atoms with Crippen LogP contribution in [0.4, 0.5) is 16.2 Å². The standard InChI is InChI=1S/C33H38N2O8SSi/c1-33(2,3)45(25-10-6-4-7-11-25,26-12-8-5-9-13-26)43-24-16-18-34(31(36)21-24)23-14-15-27-30(20-23)41-22-28-29(17-19-44(38,39)40)42-32(37)35(27)28/h4-15,20,24,28-29H,16-19,21-22H2,1-3H3,(H,38,39,40)/t24-,28+,29-/m1/s1.